The van der Waals surface area contributed by atoms with Crippen molar-refractivity contribution in [2.24, 2.45) is 5.92 Å². The number of hydrogen-bond donors (Lipinski definition) is 3. The van der Waals surface area contributed by atoms with Gasteiger partial charge in [-0.25, -0.2) is 4.98 Å². The molecule has 0 aromatic carbocycles. The van der Waals surface area contributed by atoms with E-state index in [1.165, 1.54) is 23.2 Å². The zero-order chi connectivity index (χ0) is 18.6. The molecule has 138 valence electrons. The predicted octanol–water partition coefficient (Wildman–Crippen LogP) is 0.594. The Morgan fingerprint density at radius 1 is 1.44 bits per heavy atom. The Morgan fingerprint density at radius 3 is 2.72 bits per heavy atom. The number of β-amino-alcohol motifs (C(OH)–C–C–N with tert-alkyl or cyclic N) is 1. The first-order valence-electron chi connectivity index (χ1n) is 8.24. The van der Waals surface area contributed by atoms with Crippen LogP contribution in [0.3, 0.4) is 0 Å². The molecule has 3 amide bonds. The summed E-state index contributed by atoms with van der Waals surface area (Å²) in [6.45, 7) is 5.40. The number of amides is 3. The van der Waals surface area contributed by atoms with Gasteiger partial charge in [-0.05, 0) is 12.3 Å². The molecule has 8 nitrogen and oxygen atoms in total. The lowest BCUT2D eigenvalue weighted by molar-refractivity contribution is -0.138. The van der Waals surface area contributed by atoms with Crippen LogP contribution in [-0.2, 0) is 14.4 Å². The maximum atomic E-state index is 12.6. The number of anilines is 1. The van der Waals surface area contributed by atoms with Crippen LogP contribution in [0.15, 0.2) is 11.6 Å². The van der Waals surface area contributed by atoms with Crippen molar-refractivity contribution in [3.63, 3.8) is 0 Å². The Labute approximate surface area is 150 Å². The third kappa shape index (κ3) is 5.23. The van der Waals surface area contributed by atoms with E-state index in [9.17, 15) is 19.5 Å². The number of aromatic nitrogens is 1. The smallest absolute Gasteiger partial charge is 0.248 e. The molecule has 3 atom stereocenters. The summed E-state index contributed by atoms with van der Waals surface area (Å²) in [6, 6.07) is -1.49. The number of aliphatic hydroxyl groups excluding tert-OH is 1. The highest BCUT2D eigenvalue weighted by Gasteiger charge is 2.38. The van der Waals surface area contributed by atoms with Crippen molar-refractivity contribution < 1.29 is 19.5 Å². The van der Waals surface area contributed by atoms with E-state index in [0.29, 0.717) is 11.6 Å². The van der Waals surface area contributed by atoms with Crippen molar-refractivity contribution in [2.45, 2.75) is 51.8 Å². The Morgan fingerprint density at radius 2 is 2.16 bits per heavy atom. The number of carbonyl (C=O) groups excluding carboxylic acids is 3. The van der Waals surface area contributed by atoms with Crippen molar-refractivity contribution in [1.82, 2.24) is 15.2 Å². The lowest BCUT2D eigenvalue weighted by Crippen LogP contribution is -2.52. The third-order valence-corrected chi connectivity index (χ3v) is 4.68. The normalized spacial score (nSPS) is 21.2. The molecule has 1 saturated heterocycles. The molecule has 0 bridgehead atoms. The molecule has 1 aromatic rings. The fourth-order valence-electron chi connectivity index (χ4n) is 2.86. The van der Waals surface area contributed by atoms with E-state index in [4.69, 9.17) is 0 Å². The number of aliphatic hydroxyl groups is 1. The fourth-order valence-corrected chi connectivity index (χ4v) is 3.39. The van der Waals surface area contributed by atoms with E-state index >= 15 is 0 Å². The van der Waals surface area contributed by atoms with Gasteiger partial charge in [0.2, 0.25) is 17.7 Å². The standard InChI is InChI=1S/C16H24N4O4S/c1-9(2)6-12(14(23)19-16-17-4-5-25-16)18-15(24)13-7-11(22)8-20(13)10(3)21/h4-5,9,11-13,22H,6-8H2,1-3H3,(H,18,24)(H,17,19,23)/t11-,12?,13+/m0/s1. The molecule has 1 aromatic heterocycles. The monoisotopic (exact) mass is 368 g/mol. The minimum absolute atomic E-state index is 0.133. The van der Waals surface area contributed by atoms with Crippen LogP contribution < -0.4 is 10.6 Å². The summed E-state index contributed by atoms with van der Waals surface area (Å²) in [7, 11) is 0. The van der Waals surface area contributed by atoms with Gasteiger partial charge in [-0.3, -0.25) is 14.4 Å². The highest BCUT2D eigenvalue weighted by atomic mass is 32.1. The molecular formula is C16H24N4O4S. The highest BCUT2D eigenvalue weighted by Crippen LogP contribution is 2.19. The van der Waals surface area contributed by atoms with Crippen LogP contribution in [0.2, 0.25) is 0 Å². The quantitative estimate of drug-likeness (QED) is 0.681. The van der Waals surface area contributed by atoms with Crippen LogP contribution in [0.25, 0.3) is 0 Å². The maximum absolute atomic E-state index is 12.6. The summed E-state index contributed by atoms with van der Waals surface area (Å²) in [4.78, 5) is 42.1. The number of nitrogens with one attached hydrogen (secondary N) is 2. The second-order valence-corrected chi connectivity index (χ2v) is 7.49. The molecular weight excluding hydrogens is 344 g/mol. The largest absolute Gasteiger partial charge is 0.391 e. The molecule has 1 unspecified atom stereocenters. The van der Waals surface area contributed by atoms with E-state index in [1.54, 1.807) is 11.6 Å². The number of likely N-dealkylation sites (tertiary alicyclic amines) is 1. The van der Waals surface area contributed by atoms with Crippen molar-refractivity contribution in [3.8, 4) is 0 Å². The average molecular weight is 368 g/mol. The van der Waals surface area contributed by atoms with E-state index in [2.05, 4.69) is 15.6 Å². The van der Waals surface area contributed by atoms with Crippen LogP contribution in [0.5, 0.6) is 0 Å². The maximum Gasteiger partial charge on any atom is 0.248 e. The molecule has 2 rings (SSSR count). The topological polar surface area (TPSA) is 112 Å². The molecule has 25 heavy (non-hydrogen) atoms. The van der Waals surface area contributed by atoms with Gasteiger partial charge < -0.3 is 20.6 Å². The molecule has 1 aliphatic heterocycles. The van der Waals surface area contributed by atoms with E-state index in [0.717, 1.165) is 0 Å². The number of carbonyl (C=O) groups is 3. The van der Waals surface area contributed by atoms with Crippen molar-refractivity contribution in [1.29, 1.82) is 0 Å². The van der Waals surface area contributed by atoms with Crippen molar-refractivity contribution in [2.75, 3.05) is 11.9 Å². The summed E-state index contributed by atoms with van der Waals surface area (Å²) >= 11 is 1.29. The zero-order valence-electron chi connectivity index (χ0n) is 14.6. The van der Waals surface area contributed by atoms with Crippen LogP contribution in [0.4, 0.5) is 5.13 Å². The zero-order valence-corrected chi connectivity index (χ0v) is 15.4. The number of rotatable bonds is 6. The average Bonchev–Trinajstić information content (AvgIpc) is 3.15. The third-order valence-electron chi connectivity index (χ3n) is 3.99. The van der Waals surface area contributed by atoms with Gasteiger partial charge >= 0.3 is 0 Å². The second-order valence-electron chi connectivity index (χ2n) is 6.59. The molecule has 1 fully saturated rings. The van der Waals surface area contributed by atoms with Crippen LogP contribution in [0.1, 0.15) is 33.6 Å². The van der Waals surface area contributed by atoms with Crippen LogP contribution in [-0.4, -0.2) is 57.4 Å². The molecule has 3 N–H and O–H groups in total. The van der Waals surface area contributed by atoms with Gasteiger partial charge in [0.05, 0.1) is 6.10 Å². The van der Waals surface area contributed by atoms with Gasteiger partial charge in [0.15, 0.2) is 5.13 Å². The number of hydrogen-bond acceptors (Lipinski definition) is 6. The van der Waals surface area contributed by atoms with Crippen LogP contribution in [0, 0.1) is 5.92 Å². The summed E-state index contributed by atoms with van der Waals surface area (Å²) in [5, 5.41) is 17.4. The van der Waals surface area contributed by atoms with E-state index in [-0.39, 0.29) is 30.7 Å². The molecule has 2 heterocycles. The molecule has 0 aliphatic carbocycles. The Balaban J connectivity index is 2.06. The van der Waals surface area contributed by atoms with Gasteiger partial charge in [-0.1, -0.05) is 13.8 Å². The van der Waals surface area contributed by atoms with Gasteiger partial charge in [-0.2, -0.15) is 0 Å². The number of thiazole rings is 1. The first-order chi connectivity index (χ1) is 11.8. The van der Waals surface area contributed by atoms with Crippen LogP contribution >= 0.6 is 11.3 Å². The van der Waals surface area contributed by atoms with E-state index < -0.39 is 24.1 Å². The van der Waals surface area contributed by atoms with E-state index in [1.807, 2.05) is 13.8 Å². The minimum atomic E-state index is -0.755. The Hall–Kier alpha value is -2.00. The van der Waals surface area contributed by atoms with Gasteiger partial charge in [0.25, 0.3) is 0 Å². The summed E-state index contributed by atoms with van der Waals surface area (Å²) in [5.41, 5.74) is 0. The number of nitrogens with zero attached hydrogens (tertiary/aromatic N) is 2. The molecule has 0 radical (unpaired) electrons. The second kappa shape index (κ2) is 8.39. The highest BCUT2D eigenvalue weighted by molar-refractivity contribution is 7.13. The molecule has 9 heteroatoms. The lowest BCUT2D eigenvalue weighted by Gasteiger charge is -2.25. The molecule has 1 aliphatic rings. The van der Waals surface area contributed by atoms with Crippen molar-refractivity contribution in [3.05, 3.63) is 11.6 Å². The van der Waals surface area contributed by atoms with Gasteiger partial charge in [-0.15, -0.1) is 11.3 Å². The summed E-state index contributed by atoms with van der Waals surface area (Å²) in [6.07, 6.45) is 1.49. The summed E-state index contributed by atoms with van der Waals surface area (Å²) in [5.74, 6) is -0.855. The molecule has 0 saturated carbocycles. The predicted molar refractivity (Wildman–Crippen MR) is 93.9 cm³/mol. The summed E-state index contributed by atoms with van der Waals surface area (Å²) < 4.78 is 0. The van der Waals surface area contributed by atoms with Gasteiger partial charge in [0, 0.05) is 31.5 Å². The molecule has 0 spiro atoms. The minimum Gasteiger partial charge on any atom is -0.391 e. The van der Waals surface area contributed by atoms with Gasteiger partial charge in [0.1, 0.15) is 12.1 Å². The van der Waals surface area contributed by atoms with Crippen molar-refractivity contribution >= 4 is 34.2 Å². The fraction of sp³-hybridized carbons (Fsp3) is 0.625. The Bertz CT molecular complexity index is 620. The lowest BCUT2D eigenvalue weighted by atomic mass is 10.0. The first kappa shape index (κ1) is 19.3. The SMILES string of the molecule is CC(=O)N1C[C@@H](O)C[C@@H]1C(=O)NC(CC(C)C)C(=O)Nc1nccs1. The Kier molecular flexibility index (Phi) is 6.49. The first-order valence-corrected chi connectivity index (χ1v) is 9.12.